The summed E-state index contributed by atoms with van der Waals surface area (Å²) in [5.41, 5.74) is 1.30. The van der Waals surface area contributed by atoms with Gasteiger partial charge in [-0.1, -0.05) is 6.42 Å². The fourth-order valence-corrected chi connectivity index (χ4v) is 3.78. The van der Waals surface area contributed by atoms with E-state index in [-0.39, 0.29) is 0 Å². The molecule has 0 unspecified atom stereocenters. The van der Waals surface area contributed by atoms with E-state index in [2.05, 4.69) is 21.2 Å². The Morgan fingerprint density at radius 1 is 1.14 bits per heavy atom. The molecule has 3 heterocycles. The average Bonchev–Trinajstić information content (AvgIpc) is 2.96. The molecule has 2 aliphatic rings. The maximum Gasteiger partial charge on any atom is 0.122 e. The van der Waals surface area contributed by atoms with E-state index in [1.165, 1.54) is 63.8 Å². The van der Waals surface area contributed by atoms with Crippen LogP contribution in [0, 0.1) is 0 Å². The predicted octanol–water partition coefficient (Wildman–Crippen LogP) is 2.45. The quantitative estimate of drug-likeness (QED) is 0.903. The van der Waals surface area contributed by atoms with Crippen LogP contribution >= 0.6 is 0 Å². The molecule has 0 aromatic carbocycles. The van der Waals surface area contributed by atoms with Gasteiger partial charge in [0.1, 0.15) is 5.76 Å². The van der Waals surface area contributed by atoms with Gasteiger partial charge < -0.3 is 14.6 Å². The van der Waals surface area contributed by atoms with Gasteiger partial charge in [0.05, 0.1) is 12.8 Å². The third kappa shape index (κ3) is 3.87. The van der Waals surface area contributed by atoms with Gasteiger partial charge in [-0.25, -0.2) is 0 Å². The number of hydrogen-bond donors (Lipinski definition) is 1. The third-order valence-corrected chi connectivity index (χ3v) is 5.04. The second kappa shape index (κ2) is 7.43. The molecule has 0 saturated carbocycles. The van der Waals surface area contributed by atoms with Crippen molar-refractivity contribution in [3.05, 3.63) is 23.7 Å². The zero-order chi connectivity index (χ0) is 14.5. The Bertz CT molecular complexity index is 417. The van der Waals surface area contributed by atoms with E-state index in [0.29, 0.717) is 0 Å². The second-order valence-corrected chi connectivity index (χ2v) is 6.50. The van der Waals surface area contributed by atoms with Crippen LogP contribution < -0.4 is 5.32 Å². The highest BCUT2D eigenvalue weighted by Gasteiger charge is 2.26. The smallest absolute Gasteiger partial charge is 0.122 e. The van der Waals surface area contributed by atoms with Gasteiger partial charge >= 0.3 is 0 Å². The number of furan rings is 1. The Kier molecular flexibility index (Phi) is 5.33. The molecule has 4 nitrogen and oxygen atoms in total. The highest BCUT2D eigenvalue weighted by Crippen LogP contribution is 2.22. The van der Waals surface area contributed by atoms with Crippen LogP contribution in [0.3, 0.4) is 0 Å². The van der Waals surface area contributed by atoms with E-state index in [1.54, 1.807) is 0 Å². The van der Waals surface area contributed by atoms with E-state index in [1.807, 2.05) is 13.3 Å². The standard InChI is InChI=1S/C17H29N3O/c1-18-13-15-7-12-21-17(15)14-19-10-5-16(6-11-19)20-8-3-2-4-9-20/h7,12,16,18H,2-6,8-11,13-14H2,1H3. The van der Waals surface area contributed by atoms with Crippen LogP contribution in [0.15, 0.2) is 16.7 Å². The van der Waals surface area contributed by atoms with Crippen molar-refractivity contribution < 1.29 is 4.42 Å². The molecule has 118 valence electrons. The number of piperidine rings is 2. The summed E-state index contributed by atoms with van der Waals surface area (Å²) < 4.78 is 5.67. The molecule has 1 aromatic heterocycles. The Hall–Kier alpha value is -0.840. The molecule has 21 heavy (non-hydrogen) atoms. The number of nitrogens with zero attached hydrogens (tertiary/aromatic N) is 2. The number of likely N-dealkylation sites (tertiary alicyclic amines) is 2. The van der Waals surface area contributed by atoms with Crippen molar-refractivity contribution in [1.82, 2.24) is 15.1 Å². The lowest BCUT2D eigenvalue weighted by Gasteiger charge is -2.40. The van der Waals surface area contributed by atoms with E-state index in [9.17, 15) is 0 Å². The monoisotopic (exact) mass is 291 g/mol. The molecule has 0 aliphatic carbocycles. The van der Waals surface area contributed by atoms with Crippen LogP contribution in [0.5, 0.6) is 0 Å². The van der Waals surface area contributed by atoms with Gasteiger partial charge in [0.15, 0.2) is 0 Å². The van der Waals surface area contributed by atoms with Gasteiger partial charge in [0.25, 0.3) is 0 Å². The first kappa shape index (κ1) is 15.1. The van der Waals surface area contributed by atoms with Gasteiger partial charge in [-0.3, -0.25) is 4.90 Å². The third-order valence-electron chi connectivity index (χ3n) is 5.04. The minimum absolute atomic E-state index is 0.829. The van der Waals surface area contributed by atoms with Gasteiger partial charge in [0, 0.05) is 31.2 Å². The summed E-state index contributed by atoms with van der Waals surface area (Å²) in [4.78, 5) is 5.29. The summed E-state index contributed by atoms with van der Waals surface area (Å²) in [7, 11) is 1.99. The molecule has 1 N–H and O–H groups in total. The fourth-order valence-electron chi connectivity index (χ4n) is 3.78. The SMILES string of the molecule is CNCc1ccoc1CN1CCC(N2CCCCC2)CC1. The van der Waals surface area contributed by atoms with Gasteiger partial charge in [0.2, 0.25) is 0 Å². The first-order chi connectivity index (χ1) is 10.4. The number of hydrogen-bond acceptors (Lipinski definition) is 4. The van der Waals surface area contributed by atoms with Crippen molar-refractivity contribution in [3.8, 4) is 0 Å². The Morgan fingerprint density at radius 3 is 2.62 bits per heavy atom. The van der Waals surface area contributed by atoms with Crippen LogP contribution in [0.2, 0.25) is 0 Å². The zero-order valence-corrected chi connectivity index (χ0v) is 13.3. The van der Waals surface area contributed by atoms with Crippen molar-refractivity contribution >= 4 is 0 Å². The van der Waals surface area contributed by atoms with Gasteiger partial charge in [-0.05, 0) is 51.9 Å². The van der Waals surface area contributed by atoms with Gasteiger partial charge in [-0.2, -0.15) is 0 Å². The summed E-state index contributed by atoms with van der Waals surface area (Å²) in [5, 5.41) is 3.21. The molecule has 0 radical (unpaired) electrons. The van der Waals surface area contributed by atoms with Crippen LogP contribution in [0.4, 0.5) is 0 Å². The Morgan fingerprint density at radius 2 is 1.90 bits per heavy atom. The predicted molar refractivity (Wildman–Crippen MR) is 85.2 cm³/mol. The second-order valence-electron chi connectivity index (χ2n) is 6.50. The summed E-state index contributed by atoms with van der Waals surface area (Å²) in [6.45, 7) is 6.94. The number of nitrogens with one attached hydrogen (secondary N) is 1. The highest BCUT2D eigenvalue weighted by molar-refractivity contribution is 5.16. The van der Waals surface area contributed by atoms with E-state index >= 15 is 0 Å². The number of rotatable bonds is 5. The Balaban J connectivity index is 1.48. The normalized spacial score (nSPS) is 22.7. The molecule has 2 aliphatic heterocycles. The lowest BCUT2D eigenvalue weighted by atomic mass is 10.00. The molecule has 0 amide bonds. The molecule has 2 saturated heterocycles. The molecule has 0 spiro atoms. The van der Waals surface area contributed by atoms with Gasteiger partial charge in [-0.15, -0.1) is 0 Å². The summed E-state index contributed by atoms with van der Waals surface area (Å²) >= 11 is 0. The molecule has 2 fully saturated rings. The Labute approximate surface area is 128 Å². The van der Waals surface area contributed by atoms with E-state index < -0.39 is 0 Å². The summed E-state index contributed by atoms with van der Waals surface area (Å²) in [6.07, 6.45) is 8.70. The first-order valence-corrected chi connectivity index (χ1v) is 8.53. The van der Waals surface area contributed by atoms with Crippen molar-refractivity contribution in [1.29, 1.82) is 0 Å². The molecule has 0 atom stereocenters. The van der Waals surface area contributed by atoms with Crippen LogP contribution in [0.1, 0.15) is 43.4 Å². The lowest BCUT2D eigenvalue weighted by Crippen LogP contribution is -2.46. The molecule has 4 heteroatoms. The molecule has 3 rings (SSSR count). The lowest BCUT2D eigenvalue weighted by molar-refractivity contribution is 0.0864. The van der Waals surface area contributed by atoms with Crippen LogP contribution in [0.25, 0.3) is 0 Å². The van der Waals surface area contributed by atoms with Crippen molar-refractivity contribution in [2.45, 2.75) is 51.2 Å². The summed E-state index contributed by atoms with van der Waals surface area (Å²) in [5.74, 6) is 1.14. The maximum absolute atomic E-state index is 5.67. The van der Waals surface area contributed by atoms with Crippen molar-refractivity contribution in [3.63, 3.8) is 0 Å². The zero-order valence-electron chi connectivity index (χ0n) is 13.3. The van der Waals surface area contributed by atoms with Crippen molar-refractivity contribution in [2.24, 2.45) is 0 Å². The van der Waals surface area contributed by atoms with E-state index in [4.69, 9.17) is 4.42 Å². The minimum atomic E-state index is 0.829. The van der Waals surface area contributed by atoms with Crippen LogP contribution in [-0.4, -0.2) is 49.1 Å². The topological polar surface area (TPSA) is 31.7 Å². The fraction of sp³-hybridized carbons (Fsp3) is 0.765. The average molecular weight is 291 g/mol. The van der Waals surface area contributed by atoms with Crippen LogP contribution in [-0.2, 0) is 13.1 Å². The first-order valence-electron chi connectivity index (χ1n) is 8.53. The molecular weight excluding hydrogens is 262 g/mol. The molecule has 1 aromatic rings. The summed E-state index contributed by atoms with van der Waals surface area (Å²) in [6, 6.07) is 2.92. The molecule has 0 bridgehead atoms. The largest absolute Gasteiger partial charge is 0.468 e. The highest BCUT2D eigenvalue weighted by atomic mass is 16.3. The van der Waals surface area contributed by atoms with Crippen molar-refractivity contribution in [2.75, 3.05) is 33.2 Å². The maximum atomic E-state index is 5.67. The van der Waals surface area contributed by atoms with E-state index in [0.717, 1.165) is 24.9 Å². The minimum Gasteiger partial charge on any atom is -0.468 e. The molecular formula is C17H29N3O.